The van der Waals surface area contributed by atoms with Crippen molar-refractivity contribution in [2.45, 2.75) is 26.4 Å². The third-order valence-corrected chi connectivity index (χ3v) is 4.47. The second-order valence-corrected chi connectivity index (χ2v) is 5.53. The zero-order valence-electron chi connectivity index (χ0n) is 10.6. The summed E-state index contributed by atoms with van der Waals surface area (Å²) in [4.78, 5) is 18.2. The molecular formula is C14H14N2O2S. The van der Waals surface area contributed by atoms with Crippen LogP contribution in [-0.4, -0.2) is 16.1 Å². The number of thiazole rings is 1. The van der Waals surface area contributed by atoms with Crippen LogP contribution in [0.1, 0.15) is 33.4 Å². The third kappa shape index (κ3) is 2.10. The maximum absolute atomic E-state index is 11.2. The second-order valence-electron chi connectivity index (χ2n) is 4.56. The molecule has 0 unspecified atom stereocenters. The summed E-state index contributed by atoms with van der Waals surface area (Å²) in [5.41, 5.74) is 3.28. The van der Waals surface area contributed by atoms with E-state index in [9.17, 15) is 9.90 Å². The van der Waals surface area contributed by atoms with Gasteiger partial charge in [-0.3, -0.25) is 0 Å². The molecule has 1 aromatic carbocycles. The first kappa shape index (κ1) is 12.2. The van der Waals surface area contributed by atoms with Gasteiger partial charge in [0, 0.05) is 13.1 Å². The summed E-state index contributed by atoms with van der Waals surface area (Å²) in [5, 5.41) is 9.99. The average Bonchev–Trinajstić information content (AvgIpc) is 3.02. The molecule has 0 amide bonds. The van der Waals surface area contributed by atoms with Gasteiger partial charge in [0.1, 0.15) is 4.88 Å². The van der Waals surface area contributed by atoms with Crippen molar-refractivity contribution in [1.29, 1.82) is 0 Å². The first-order chi connectivity index (χ1) is 9.19. The molecular weight excluding hydrogens is 260 g/mol. The van der Waals surface area contributed by atoms with E-state index in [0.29, 0.717) is 17.0 Å². The molecule has 0 fully saturated rings. The van der Waals surface area contributed by atoms with Crippen molar-refractivity contribution in [3.8, 4) is 0 Å². The third-order valence-electron chi connectivity index (χ3n) is 3.33. The van der Waals surface area contributed by atoms with Crippen molar-refractivity contribution in [3.05, 3.63) is 46.0 Å². The van der Waals surface area contributed by atoms with Crippen LogP contribution in [0.25, 0.3) is 0 Å². The summed E-state index contributed by atoms with van der Waals surface area (Å²) in [6.45, 7) is 3.56. The van der Waals surface area contributed by atoms with Gasteiger partial charge in [-0.2, -0.15) is 0 Å². The number of carboxylic acid groups (broad SMARTS) is 1. The van der Waals surface area contributed by atoms with Crippen molar-refractivity contribution < 1.29 is 9.90 Å². The minimum atomic E-state index is -0.877. The zero-order chi connectivity index (χ0) is 13.4. The predicted octanol–water partition coefficient (Wildman–Crippen LogP) is 2.92. The summed E-state index contributed by atoms with van der Waals surface area (Å²) < 4.78 is 0. The molecule has 0 saturated heterocycles. The molecule has 98 valence electrons. The van der Waals surface area contributed by atoms with E-state index in [-0.39, 0.29) is 0 Å². The first-order valence-corrected chi connectivity index (χ1v) is 7.05. The number of hydrogen-bond donors (Lipinski definition) is 1. The van der Waals surface area contributed by atoms with E-state index in [0.717, 1.165) is 18.2 Å². The summed E-state index contributed by atoms with van der Waals surface area (Å²) >= 11 is 1.28. The van der Waals surface area contributed by atoms with Crippen molar-refractivity contribution >= 4 is 22.4 Å². The molecule has 3 rings (SSSR count). The van der Waals surface area contributed by atoms with Gasteiger partial charge in [-0.25, -0.2) is 9.78 Å². The number of aryl methyl sites for hydroxylation is 1. The molecule has 0 radical (unpaired) electrons. The minimum Gasteiger partial charge on any atom is -0.477 e. The van der Waals surface area contributed by atoms with Gasteiger partial charge in [0.25, 0.3) is 0 Å². The number of anilines is 1. The van der Waals surface area contributed by atoms with Crippen LogP contribution in [0.2, 0.25) is 0 Å². The molecule has 1 aliphatic rings. The number of rotatable bonds is 3. The molecule has 0 aliphatic carbocycles. The Bertz CT molecular complexity index is 611. The van der Waals surface area contributed by atoms with E-state index >= 15 is 0 Å². The Balaban J connectivity index is 1.91. The number of carbonyl (C=O) groups is 1. The van der Waals surface area contributed by atoms with E-state index in [2.05, 4.69) is 22.0 Å². The maximum Gasteiger partial charge on any atom is 0.347 e. The molecule has 0 spiro atoms. The van der Waals surface area contributed by atoms with E-state index in [1.165, 1.54) is 22.5 Å². The molecule has 4 nitrogen and oxygen atoms in total. The summed E-state index contributed by atoms with van der Waals surface area (Å²) in [7, 11) is 0. The van der Waals surface area contributed by atoms with Gasteiger partial charge < -0.3 is 10.0 Å². The van der Waals surface area contributed by atoms with Crippen LogP contribution in [0.5, 0.6) is 0 Å². The lowest BCUT2D eigenvalue weighted by atomic mass is 10.1. The summed E-state index contributed by atoms with van der Waals surface area (Å²) in [6, 6.07) is 8.29. The molecule has 1 N–H and O–H groups in total. The van der Waals surface area contributed by atoms with Gasteiger partial charge >= 0.3 is 5.97 Å². The predicted molar refractivity (Wildman–Crippen MR) is 74.8 cm³/mol. The Morgan fingerprint density at radius 2 is 2.00 bits per heavy atom. The van der Waals surface area contributed by atoms with Gasteiger partial charge in [0.15, 0.2) is 5.13 Å². The SMILES string of the molecule is CCc1nc(N2Cc3ccccc3C2)sc1C(=O)O. The van der Waals surface area contributed by atoms with Crippen LogP contribution >= 0.6 is 11.3 Å². The molecule has 19 heavy (non-hydrogen) atoms. The maximum atomic E-state index is 11.2. The number of carboxylic acids is 1. The molecule has 5 heteroatoms. The number of nitrogens with zero attached hydrogens (tertiary/aromatic N) is 2. The fourth-order valence-electron chi connectivity index (χ4n) is 2.35. The topological polar surface area (TPSA) is 53.4 Å². The Hall–Kier alpha value is -1.88. The average molecular weight is 274 g/mol. The van der Waals surface area contributed by atoms with Gasteiger partial charge in [-0.15, -0.1) is 0 Å². The first-order valence-electron chi connectivity index (χ1n) is 6.23. The number of aromatic nitrogens is 1. The Kier molecular flexibility index (Phi) is 2.98. The Morgan fingerprint density at radius 3 is 2.47 bits per heavy atom. The van der Waals surface area contributed by atoms with Gasteiger partial charge in [-0.05, 0) is 17.5 Å². The van der Waals surface area contributed by atoms with Crippen LogP contribution in [-0.2, 0) is 19.5 Å². The minimum absolute atomic E-state index is 0.369. The molecule has 0 bridgehead atoms. The fraction of sp³-hybridized carbons (Fsp3) is 0.286. The van der Waals surface area contributed by atoms with E-state index in [1.54, 1.807) is 0 Å². The molecule has 2 heterocycles. The van der Waals surface area contributed by atoms with E-state index in [1.807, 2.05) is 19.1 Å². The van der Waals surface area contributed by atoms with Gasteiger partial charge in [0.2, 0.25) is 0 Å². The fourth-order valence-corrected chi connectivity index (χ4v) is 3.34. The van der Waals surface area contributed by atoms with E-state index < -0.39 is 5.97 Å². The highest BCUT2D eigenvalue weighted by atomic mass is 32.1. The van der Waals surface area contributed by atoms with Crippen LogP contribution in [0.3, 0.4) is 0 Å². The van der Waals surface area contributed by atoms with Crippen LogP contribution < -0.4 is 4.90 Å². The molecule has 1 aromatic heterocycles. The van der Waals surface area contributed by atoms with Gasteiger partial charge in [-0.1, -0.05) is 42.5 Å². The lowest BCUT2D eigenvalue weighted by Gasteiger charge is -2.12. The highest BCUT2D eigenvalue weighted by Crippen LogP contribution is 2.33. The number of hydrogen-bond acceptors (Lipinski definition) is 4. The van der Waals surface area contributed by atoms with Crippen molar-refractivity contribution in [2.24, 2.45) is 0 Å². The molecule has 2 aromatic rings. The van der Waals surface area contributed by atoms with E-state index in [4.69, 9.17) is 0 Å². The number of fused-ring (bicyclic) bond motifs is 1. The van der Waals surface area contributed by atoms with Crippen LogP contribution in [0.15, 0.2) is 24.3 Å². The monoisotopic (exact) mass is 274 g/mol. The normalized spacial score (nSPS) is 13.6. The lowest BCUT2D eigenvalue weighted by Crippen LogP contribution is -2.14. The summed E-state index contributed by atoms with van der Waals surface area (Å²) in [5.74, 6) is -0.877. The highest BCUT2D eigenvalue weighted by molar-refractivity contribution is 7.17. The zero-order valence-corrected chi connectivity index (χ0v) is 11.4. The largest absolute Gasteiger partial charge is 0.477 e. The van der Waals surface area contributed by atoms with Crippen LogP contribution in [0, 0.1) is 0 Å². The Morgan fingerprint density at radius 1 is 1.37 bits per heavy atom. The standard InChI is InChI=1S/C14H14N2O2S/c1-2-11-12(13(17)18)19-14(15-11)16-7-9-5-3-4-6-10(9)8-16/h3-6H,2,7-8H2,1H3,(H,17,18). The Labute approximate surface area is 115 Å². The molecule has 1 aliphatic heterocycles. The smallest absolute Gasteiger partial charge is 0.347 e. The molecule has 0 atom stereocenters. The molecule has 0 saturated carbocycles. The van der Waals surface area contributed by atoms with Crippen molar-refractivity contribution in [3.63, 3.8) is 0 Å². The highest BCUT2D eigenvalue weighted by Gasteiger charge is 2.24. The lowest BCUT2D eigenvalue weighted by molar-refractivity contribution is 0.0701. The van der Waals surface area contributed by atoms with Crippen molar-refractivity contribution in [1.82, 2.24) is 4.98 Å². The summed E-state index contributed by atoms with van der Waals surface area (Å²) in [6.07, 6.45) is 0.652. The second kappa shape index (κ2) is 4.66. The van der Waals surface area contributed by atoms with Gasteiger partial charge in [0.05, 0.1) is 5.69 Å². The quantitative estimate of drug-likeness (QED) is 0.935. The number of benzene rings is 1. The number of aromatic carboxylic acids is 1. The van der Waals surface area contributed by atoms with Crippen molar-refractivity contribution in [2.75, 3.05) is 4.90 Å². The van der Waals surface area contributed by atoms with Crippen LogP contribution in [0.4, 0.5) is 5.13 Å².